The highest BCUT2D eigenvalue weighted by atomic mass is 32.2. The van der Waals surface area contributed by atoms with Gasteiger partial charge in [-0.25, -0.2) is 13.1 Å². The van der Waals surface area contributed by atoms with Crippen molar-refractivity contribution in [3.05, 3.63) is 24.3 Å². The highest BCUT2D eigenvalue weighted by Crippen LogP contribution is 2.29. The first-order valence-electron chi connectivity index (χ1n) is 9.03. The van der Waals surface area contributed by atoms with E-state index >= 15 is 0 Å². The largest absolute Gasteiger partial charge is 0.385 e. The number of sulfonamides is 1. The van der Waals surface area contributed by atoms with Crippen molar-refractivity contribution in [2.45, 2.75) is 51.2 Å². The van der Waals surface area contributed by atoms with Crippen LogP contribution in [0, 0.1) is 0 Å². The molecule has 2 rings (SSSR count). The Hall–Kier alpha value is -0.920. The summed E-state index contributed by atoms with van der Waals surface area (Å²) in [5.41, 5.74) is 2.42. The second-order valence-electron chi connectivity index (χ2n) is 7.34. The lowest BCUT2D eigenvalue weighted by Gasteiger charge is -2.19. The van der Waals surface area contributed by atoms with E-state index in [4.69, 9.17) is 0 Å². The molecule has 1 saturated heterocycles. The molecule has 1 aromatic rings. The van der Waals surface area contributed by atoms with Crippen LogP contribution in [0.5, 0.6) is 0 Å². The molecule has 0 radical (unpaired) electrons. The molecule has 5 nitrogen and oxygen atoms in total. The predicted molar refractivity (Wildman–Crippen MR) is 110 cm³/mol. The molecular formula is C18H31N3O2S2. The Kier molecular flexibility index (Phi) is 7.46. The first-order valence-corrected chi connectivity index (χ1v) is 11.5. The van der Waals surface area contributed by atoms with Crippen molar-refractivity contribution in [3.63, 3.8) is 0 Å². The Labute approximate surface area is 157 Å². The average Bonchev–Trinajstić information content (AvgIpc) is 3.07. The van der Waals surface area contributed by atoms with Gasteiger partial charge in [0.1, 0.15) is 0 Å². The fourth-order valence-electron chi connectivity index (χ4n) is 2.50. The number of hydrogen-bond donors (Lipinski definition) is 2. The number of nitrogens with zero attached hydrogens (tertiary/aromatic N) is 1. The molecule has 1 fully saturated rings. The van der Waals surface area contributed by atoms with E-state index in [0.717, 1.165) is 38.0 Å². The Morgan fingerprint density at radius 2 is 1.92 bits per heavy atom. The summed E-state index contributed by atoms with van der Waals surface area (Å²) >= 11 is 1.89. The van der Waals surface area contributed by atoms with E-state index < -0.39 is 14.8 Å². The Morgan fingerprint density at radius 3 is 2.60 bits per heavy atom. The molecule has 142 valence electrons. The van der Waals surface area contributed by atoms with Crippen LogP contribution >= 0.6 is 11.9 Å². The van der Waals surface area contributed by atoms with E-state index in [1.54, 1.807) is 20.8 Å². The van der Waals surface area contributed by atoms with Gasteiger partial charge >= 0.3 is 0 Å². The molecule has 0 amide bonds. The number of rotatable bonds is 9. The second-order valence-corrected chi connectivity index (χ2v) is 11.0. The van der Waals surface area contributed by atoms with Crippen LogP contribution in [0.25, 0.3) is 0 Å². The first-order chi connectivity index (χ1) is 11.8. The van der Waals surface area contributed by atoms with Crippen LogP contribution in [-0.4, -0.2) is 38.6 Å². The van der Waals surface area contributed by atoms with Crippen LogP contribution in [0.1, 0.15) is 46.5 Å². The maximum absolute atomic E-state index is 11.9. The molecule has 0 bridgehead atoms. The third kappa shape index (κ3) is 6.38. The van der Waals surface area contributed by atoms with Gasteiger partial charge in [0.05, 0.1) is 4.75 Å². The first kappa shape index (κ1) is 20.4. The van der Waals surface area contributed by atoms with Gasteiger partial charge in [0.25, 0.3) is 0 Å². The highest BCUT2D eigenvalue weighted by Gasteiger charge is 2.27. The summed E-state index contributed by atoms with van der Waals surface area (Å²) in [6.07, 6.45) is 4.14. The maximum atomic E-state index is 11.9. The Balaban J connectivity index is 1.63. The van der Waals surface area contributed by atoms with Crippen molar-refractivity contribution in [2.24, 2.45) is 0 Å². The molecule has 1 heterocycles. The highest BCUT2D eigenvalue weighted by molar-refractivity contribution is 8.00. The summed E-state index contributed by atoms with van der Waals surface area (Å²) in [6.45, 7) is 7.69. The van der Waals surface area contributed by atoms with Crippen LogP contribution in [-0.2, 0) is 10.0 Å². The summed E-state index contributed by atoms with van der Waals surface area (Å²) in [5, 5.41) is 3.47. The van der Waals surface area contributed by atoms with E-state index in [9.17, 15) is 8.42 Å². The third-order valence-electron chi connectivity index (χ3n) is 4.17. The van der Waals surface area contributed by atoms with E-state index in [2.05, 4.69) is 38.6 Å². The summed E-state index contributed by atoms with van der Waals surface area (Å²) < 4.78 is 28.2. The standard InChI is InChI=1S/C18H31N3O2S2/c1-18(2,3)25(22,23)20-12-6-4-5-11-19-16-9-7-10-17(15-16)21-13-8-14-24-21/h7,9-10,15,19-20H,4-6,8,11-14H2,1-3H3. The molecule has 0 unspecified atom stereocenters. The number of nitrogens with one attached hydrogen (secondary N) is 2. The van der Waals surface area contributed by atoms with E-state index in [1.807, 2.05) is 11.9 Å². The van der Waals surface area contributed by atoms with Crippen LogP contribution < -0.4 is 14.3 Å². The van der Waals surface area contributed by atoms with Crippen LogP contribution in [0.4, 0.5) is 11.4 Å². The molecule has 1 aromatic carbocycles. The summed E-state index contributed by atoms with van der Waals surface area (Å²) in [7, 11) is -3.22. The van der Waals surface area contributed by atoms with E-state index in [1.165, 1.54) is 17.9 Å². The summed E-state index contributed by atoms with van der Waals surface area (Å²) in [6, 6.07) is 8.56. The Bertz CT molecular complexity index is 636. The lowest BCUT2D eigenvalue weighted by atomic mass is 10.2. The van der Waals surface area contributed by atoms with E-state index in [-0.39, 0.29) is 0 Å². The second kappa shape index (κ2) is 9.14. The zero-order valence-corrected chi connectivity index (χ0v) is 17.2. The lowest BCUT2D eigenvalue weighted by molar-refractivity contribution is 0.540. The van der Waals surface area contributed by atoms with Gasteiger partial charge in [0, 0.05) is 36.8 Å². The van der Waals surface area contributed by atoms with Crippen molar-refractivity contribution in [2.75, 3.05) is 35.0 Å². The number of hydrogen-bond acceptors (Lipinski definition) is 5. The minimum absolute atomic E-state index is 0.515. The van der Waals surface area contributed by atoms with Gasteiger partial charge < -0.3 is 9.62 Å². The van der Waals surface area contributed by atoms with Crippen molar-refractivity contribution >= 4 is 33.3 Å². The van der Waals surface area contributed by atoms with Crippen LogP contribution in [0.3, 0.4) is 0 Å². The van der Waals surface area contributed by atoms with Gasteiger partial charge in [0.15, 0.2) is 0 Å². The lowest BCUT2D eigenvalue weighted by Crippen LogP contribution is -2.39. The van der Waals surface area contributed by atoms with Gasteiger partial charge in [-0.05, 0) is 70.2 Å². The smallest absolute Gasteiger partial charge is 0.216 e. The molecule has 25 heavy (non-hydrogen) atoms. The maximum Gasteiger partial charge on any atom is 0.216 e. The molecule has 1 aliphatic heterocycles. The fraction of sp³-hybridized carbons (Fsp3) is 0.667. The zero-order valence-electron chi connectivity index (χ0n) is 15.5. The molecule has 0 aliphatic carbocycles. The van der Waals surface area contributed by atoms with Crippen molar-refractivity contribution in [3.8, 4) is 0 Å². The molecule has 0 saturated carbocycles. The molecule has 0 aromatic heterocycles. The zero-order chi connectivity index (χ0) is 18.3. The minimum atomic E-state index is -3.22. The number of benzene rings is 1. The SMILES string of the molecule is CC(C)(C)S(=O)(=O)NCCCCCNc1cccc(N2CCCS2)c1. The van der Waals surface area contributed by atoms with Gasteiger partial charge in [-0.15, -0.1) is 0 Å². The van der Waals surface area contributed by atoms with Crippen molar-refractivity contribution < 1.29 is 8.42 Å². The molecule has 2 N–H and O–H groups in total. The van der Waals surface area contributed by atoms with Gasteiger partial charge in [0.2, 0.25) is 10.0 Å². The number of unbranched alkanes of at least 4 members (excludes halogenated alkanes) is 2. The average molecular weight is 386 g/mol. The van der Waals surface area contributed by atoms with Crippen LogP contribution in [0.15, 0.2) is 24.3 Å². The summed E-state index contributed by atoms with van der Waals surface area (Å²) in [4.78, 5) is 0. The van der Waals surface area contributed by atoms with Crippen LogP contribution in [0.2, 0.25) is 0 Å². The molecule has 7 heteroatoms. The third-order valence-corrected chi connectivity index (χ3v) is 7.54. The van der Waals surface area contributed by atoms with Crippen molar-refractivity contribution in [1.82, 2.24) is 4.72 Å². The summed E-state index contributed by atoms with van der Waals surface area (Å²) in [5.74, 6) is 1.20. The van der Waals surface area contributed by atoms with E-state index in [0.29, 0.717) is 6.54 Å². The van der Waals surface area contributed by atoms with Gasteiger partial charge in [-0.3, -0.25) is 0 Å². The quantitative estimate of drug-likeness (QED) is 0.499. The van der Waals surface area contributed by atoms with Crippen molar-refractivity contribution in [1.29, 1.82) is 0 Å². The van der Waals surface area contributed by atoms with Gasteiger partial charge in [-0.1, -0.05) is 12.5 Å². The van der Waals surface area contributed by atoms with Gasteiger partial charge in [-0.2, -0.15) is 0 Å². The number of anilines is 2. The topological polar surface area (TPSA) is 61.4 Å². The molecule has 0 atom stereocenters. The molecule has 0 spiro atoms. The Morgan fingerprint density at radius 1 is 1.16 bits per heavy atom. The fourth-order valence-corrected chi connectivity index (χ4v) is 4.35. The normalized spacial score (nSPS) is 15.6. The minimum Gasteiger partial charge on any atom is -0.385 e. The molecule has 1 aliphatic rings. The monoisotopic (exact) mass is 385 g/mol. The predicted octanol–water partition coefficient (Wildman–Crippen LogP) is 3.85. The molecular weight excluding hydrogens is 354 g/mol.